The lowest BCUT2D eigenvalue weighted by Crippen LogP contribution is -2.45. The Bertz CT molecular complexity index is 560. The monoisotopic (exact) mass is 351 g/mol. The molecular formula is C19H26ClNO3. The van der Waals surface area contributed by atoms with E-state index in [1.165, 1.54) is 12.8 Å². The quantitative estimate of drug-likeness (QED) is 0.754. The summed E-state index contributed by atoms with van der Waals surface area (Å²) in [4.78, 5) is 15.1. The number of rotatable bonds is 5. The van der Waals surface area contributed by atoms with Gasteiger partial charge in [-0.1, -0.05) is 25.4 Å². The van der Waals surface area contributed by atoms with Gasteiger partial charge in [0.05, 0.1) is 0 Å². The SMILES string of the molecule is CC(C)C(Oc1ccc(Cl)cc1)C(=O)OC1C[C@H]2CC[C@@H](C1)N2C. The predicted octanol–water partition coefficient (Wildman–Crippen LogP) is 3.91. The van der Waals surface area contributed by atoms with E-state index in [-0.39, 0.29) is 18.0 Å². The molecular weight excluding hydrogens is 326 g/mol. The first-order valence-corrected chi connectivity index (χ1v) is 9.16. The average Bonchev–Trinajstić information content (AvgIpc) is 2.75. The smallest absolute Gasteiger partial charge is 0.347 e. The van der Waals surface area contributed by atoms with Crippen LogP contribution in [0, 0.1) is 5.92 Å². The van der Waals surface area contributed by atoms with E-state index in [1.54, 1.807) is 24.3 Å². The third-order valence-electron chi connectivity index (χ3n) is 5.25. The van der Waals surface area contributed by atoms with Crippen LogP contribution in [0.5, 0.6) is 5.75 Å². The molecule has 2 saturated heterocycles. The zero-order valence-corrected chi connectivity index (χ0v) is 15.3. The molecule has 3 rings (SSSR count). The van der Waals surface area contributed by atoms with Gasteiger partial charge in [-0.05, 0) is 57.0 Å². The summed E-state index contributed by atoms with van der Waals surface area (Å²) in [5.41, 5.74) is 0. The number of hydrogen-bond donors (Lipinski definition) is 0. The highest BCUT2D eigenvalue weighted by Gasteiger charge is 2.41. The number of benzene rings is 1. The van der Waals surface area contributed by atoms with Gasteiger partial charge in [-0.2, -0.15) is 0 Å². The molecule has 0 amide bonds. The normalized spacial score (nSPS) is 28.0. The first-order valence-electron chi connectivity index (χ1n) is 8.78. The van der Waals surface area contributed by atoms with Gasteiger partial charge < -0.3 is 14.4 Å². The number of piperidine rings is 1. The number of ether oxygens (including phenoxy) is 2. The maximum atomic E-state index is 12.7. The molecule has 0 radical (unpaired) electrons. The van der Waals surface area contributed by atoms with Gasteiger partial charge in [-0.15, -0.1) is 0 Å². The van der Waals surface area contributed by atoms with E-state index in [2.05, 4.69) is 11.9 Å². The Morgan fingerprint density at radius 2 is 1.75 bits per heavy atom. The summed E-state index contributed by atoms with van der Waals surface area (Å²) in [6.45, 7) is 3.94. The molecule has 0 aliphatic carbocycles. The van der Waals surface area contributed by atoms with Gasteiger partial charge in [-0.3, -0.25) is 0 Å². The van der Waals surface area contributed by atoms with E-state index in [0.29, 0.717) is 22.9 Å². The fraction of sp³-hybridized carbons (Fsp3) is 0.632. The van der Waals surface area contributed by atoms with Crippen LogP contribution in [0.3, 0.4) is 0 Å². The molecule has 1 aromatic rings. The Kier molecular flexibility index (Phi) is 5.36. The number of esters is 1. The number of carbonyl (C=O) groups is 1. The molecule has 2 bridgehead atoms. The fourth-order valence-corrected chi connectivity index (χ4v) is 3.93. The minimum Gasteiger partial charge on any atom is -0.478 e. The van der Waals surface area contributed by atoms with Crippen molar-refractivity contribution in [3.05, 3.63) is 29.3 Å². The molecule has 2 heterocycles. The van der Waals surface area contributed by atoms with Crippen LogP contribution in [0.1, 0.15) is 39.5 Å². The molecule has 5 heteroatoms. The topological polar surface area (TPSA) is 38.8 Å². The largest absolute Gasteiger partial charge is 0.478 e. The van der Waals surface area contributed by atoms with Crippen molar-refractivity contribution in [2.24, 2.45) is 5.92 Å². The molecule has 2 aliphatic rings. The maximum Gasteiger partial charge on any atom is 0.347 e. The molecule has 132 valence electrons. The molecule has 0 saturated carbocycles. The Labute approximate surface area is 149 Å². The maximum absolute atomic E-state index is 12.7. The Hall–Kier alpha value is -1.26. The van der Waals surface area contributed by atoms with Crippen LogP contribution in [-0.2, 0) is 9.53 Å². The highest BCUT2D eigenvalue weighted by Crippen LogP contribution is 2.35. The predicted molar refractivity (Wildman–Crippen MR) is 94.4 cm³/mol. The van der Waals surface area contributed by atoms with Gasteiger partial charge in [-0.25, -0.2) is 4.79 Å². The molecule has 0 aromatic heterocycles. The van der Waals surface area contributed by atoms with Gasteiger partial charge in [0.25, 0.3) is 0 Å². The number of halogens is 1. The average molecular weight is 352 g/mol. The van der Waals surface area contributed by atoms with Crippen LogP contribution in [0.25, 0.3) is 0 Å². The van der Waals surface area contributed by atoms with Crippen molar-refractivity contribution in [1.29, 1.82) is 0 Å². The van der Waals surface area contributed by atoms with Crippen molar-refractivity contribution in [3.8, 4) is 5.75 Å². The van der Waals surface area contributed by atoms with Gasteiger partial charge in [0, 0.05) is 23.0 Å². The lowest BCUT2D eigenvalue weighted by atomic mass is 10.00. The molecule has 2 aliphatic heterocycles. The molecule has 24 heavy (non-hydrogen) atoms. The summed E-state index contributed by atoms with van der Waals surface area (Å²) in [7, 11) is 2.18. The van der Waals surface area contributed by atoms with Crippen LogP contribution in [0.4, 0.5) is 0 Å². The highest BCUT2D eigenvalue weighted by molar-refractivity contribution is 6.30. The van der Waals surface area contributed by atoms with E-state index in [1.807, 2.05) is 13.8 Å². The zero-order chi connectivity index (χ0) is 17.3. The van der Waals surface area contributed by atoms with Gasteiger partial charge in [0.2, 0.25) is 0 Å². The Balaban J connectivity index is 1.61. The molecule has 2 fully saturated rings. The summed E-state index contributed by atoms with van der Waals surface area (Å²) in [6.07, 6.45) is 3.72. The van der Waals surface area contributed by atoms with Crippen LogP contribution < -0.4 is 4.74 Å². The number of fused-ring (bicyclic) bond motifs is 2. The number of hydrogen-bond acceptors (Lipinski definition) is 4. The van der Waals surface area contributed by atoms with Crippen molar-refractivity contribution in [2.45, 2.75) is 63.8 Å². The molecule has 1 aromatic carbocycles. The van der Waals surface area contributed by atoms with Crippen molar-refractivity contribution >= 4 is 17.6 Å². The van der Waals surface area contributed by atoms with E-state index in [4.69, 9.17) is 21.1 Å². The Morgan fingerprint density at radius 3 is 2.29 bits per heavy atom. The van der Waals surface area contributed by atoms with Crippen molar-refractivity contribution in [1.82, 2.24) is 4.90 Å². The summed E-state index contributed by atoms with van der Waals surface area (Å²) < 4.78 is 11.7. The molecule has 2 unspecified atom stereocenters. The lowest BCUT2D eigenvalue weighted by Gasteiger charge is -2.36. The third-order valence-corrected chi connectivity index (χ3v) is 5.50. The van der Waals surface area contributed by atoms with E-state index >= 15 is 0 Å². The molecule has 4 atom stereocenters. The summed E-state index contributed by atoms with van der Waals surface area (Å²) >= 11 is 5.90. The highest BCUT2D eigenvalue weighted by atomic mass is 35.5. The Morgan fingerprint density at radius 1 is 1.17 bits per heavy atom. The van der Waals surface area contributed by atoms with Crippen LogP contribution >= 0.6 is 11.6 Å². The van der Waals surface area contributed by atoms with Crippen LogP contribution in [-0.4, -0.2) is 42.2 Å². The van der Waals surface area contributed by atoms with Crippen molar-refractivity contribution in [2.75, 3.05) is 7.05 Å². The minimum absolute atomic E-state index is 0.0151. The first-order chi connectivity index (χ1) is 11.4. The van der Waals surface area contributed by atoms with Gasteiger partial charge >= 0.3 is 5.97 Å². The van der Waals surface area contributed by atoms with Crippen LogP contribution in [0.15, 0.2) is 24.3 Å². The second kappa shape index (κ2) is 7.32. The van der Waals surface area contributed by atoms with Gasteiger partial charge in [0.15, 0.2) is 6.10 Å². The van der Waals surface area contributed by atoms with E-state index in [0.717, 1.165) is 12.8 Å². The second-order valence-corrected chi connectivity index (χ2v) is 7.75. The van der Waals surface area contributed by atoms with Crippen LogP contribution in [0.2, 0.25) is 5.02 Å². The molecule has 4 nitrogen and oxygen atoms in total. The van der Waals surface area contributed by atoms with E-state index in [9.17, 15) is 4.79 Å². The van der Waals surface area contributed by atoms with Crippen molar-refractivity contribution in [3.63, 3.8) is 0 Å². The minimum atomic E-state index is -0.594. The fourth-order valence-electron chi connectivity index (χ4n) is 3.81. The number of nitrogens with zero attached hydrogens (tertiary/aromatic N) is 1. The summed E-state index contributed by atoms with van der Waals surface area (Å²) in [6, 6.07) is 8.18. The molecule has 0 N–H and O–H groups in total. The third kappa shape index (κ3) is 3.86. The lowest BCUT2D eigenvalue weighted by molar-refractivity contribution is -0.162. The van der Waals surface area contributed by atoms with E-state index < -0.39 is 6.10 Å². The second-order valence-electron chi connectivity index (χ2n) is 7.32. The van der Waals surface area contributed by atoms with Gasteiger partial charge in [0.1, 0.15) is 11.9 Å². The zero-order valence-electron chi connectivity index (χ0n) is 14.6. The molecule has 0 spiro atoms. The summed E-state index contributed by atoms with van der Waals surface area (Å²) in [5, 5.41) is 0.646. The first kappa shape index (κ1) is 17.6. The summed E-state index contributed by atoms with van der Waals surface area (Å²) in [5.74, 6) is 0.420. The number of carbonyl (C=O) groups excluding carboxylic acids is 1. The standard InChI is InChI=1S/C19H26ClNO3/c1-12(2)18(23-16-8-4-13(20)5-9-16)19(22)24-17-10-14-6-7-15(11-17)21(14)3/h4-5,8-9,12,14-15,17-18H,6-7,10-11H2,1-3H3/t14-,15+,17?,18?. The van der Waals surface area contributed by atoms with Crippen molar-refractivity contribution < 1.29 is 14.3 Å².